The van der Waals surface area contributed by atoms with Crippen LogP contribution in [0.3, 0.4) is 0 Å². The minimum Gasteiger partial charge on any atom is -0.323 e. The van der Waals surface area contributed by atoms with E-state index in [1.807, 2.05) is 9.80 Å². The van der Waals surface area contributed by atoms with E-state index in [1.165, 1.54) is 19.3 Å². The monoisotopic (exact) mass is 232 g/mol. The third-order valence-corrected chi connectivity index (χ3v) is 2.99. The quantitative estimate of drug-likeness (QED) is 0.489. The summed E-state index contributed by atoms with van der Waals surface area (Å²) < 4.78 is 0. The number of urea groups is 1. The molecule has 1 rings (SSSR count). The molecule has 0 aromatic carbocycles. The van der Waals surface area contributed by atoms with Crippen molar-refractivity contribution in [2.45, 2.75) is 32.6 Å². The van der Waals surface area contributed by atoms with Crippen LogP contribution in [0.2, 0.25) is 0 Å². The lowest BCUT2D eigenvalue weighted by molar-refractivity contribution is 0.193. The number of amides is 2. The summed E-state index contributed by atoms with van der Waals surface area (Å²) in [5, 5.41) is 0. The van der Waals surface area contributed by atoms with Crippen molar-refractivity contribution >= 4 is 17.6 Å². The average molecular weight is 233 g/mol. The van der Waals surface area contributed by atoms with Crippen molar-refractivity contribution in [3.63, 3.8) is 0 Å². The van der Waals surface area contributed by atoms with Crippen LogP contribution in [-0.2, 0) is 0 Å². The fourth-order valence-corrected chi connectivity index (χ4v) is 2.08. The Hall–Kier alpha value is -0.440. The van der Waals surface area contributed by atoms with E-state index in [9.17, 15) is 4.79 Å². The Kier molecular flexibility index (Phi) is 5.84. The second kappa shape index (κ2) is 6.94. The first-order valence-corrected chi connectivity index (χ1v) is 6.43. The Morgan fingerprint density at radius 1 is 1.13 bits per heavy atom. The van der Waals surface area contributed by atoms with Crippen molar-refractivity contribution in [2.24, 2.45) is 0 Å². The van der Waals surface area contributed by atoms with Gasteiger partial charge < -0.3 is 9.80 Å². The van der Waals surface area contributed by atoms with Crippen molar-refractivity contribution < 1.29 is 4.79 Å². The Morgan fingerprint density at radius 3 is 2.40 bits per heavy atom. The molecular formula is C11H21ClN2O. The van der Waals surface area contributed by atoms with Gasteiger partial charge in [-0.25, -0.2) is 4.79 Å². The van der Waals surface area contributed by atoms with E-state index in [4.69, 9.17) is 11.6 Å². The summed E-state index contributed by atoms with van der Waals surface area (Å²) in [6.07, 6.45) is 4.88. The Bertz CT molecular complexity index is 199. The lowest BCUT2D eigenvalue weighted by Gasteiger charge is -2.17. The van der Waals surface area contributed by atoms with Crippen LogP contribution in [0.25, 0.3) is 0 Å². The van der Waals surface area contributed by atoms with E-state index in [1.54, 1.807) is 0 Å². The zero-order valence-electron chi connectivity index (χ0n) is 9.54. The van der Waals surface area contributed by atoms with Crippen LogP contribution in [0.5, 0.6) is 0 Å². The summed E-state index contributed by atoms with van der Waals surface area (Å²) in [7, 11) is 0. The first-order chi connectivity index (χ1) is 7.29. The third-order valence-electron chi connectivity index (χ3n) is 2.82. The maximum Gasteiger partial charge on any atom is 0.320 e. The summed E-state index contributed by atoms with van der Waals surface area (Å²) in [4.78, 5) is 15.5. The topological polar surface area (TPSA) is 23.6 Å². The number of alkyl halides is 1. The highest BCUT2D eigenvalue weighted by molar-refractivity contribution is 6.18. The number of hydrogen-bond acceptors (Lipinski definition) is 1. The number of carbonyl (C=O) groups excluding carboxylic acids is 1. The van der Waals surface area contributed by atoms with E-state index < -0.39 is 0 Å². The van der Waals surface area contributed by atoms with Gasteiger partial charge in [-0.1, -0.05) is 26.2 Å². The minimum absolute atomic E-state index is 0.173. The number of hydrogen-bond donors (Lipinski definition) is 0. The molecule has 1 saturated heterocycles. The number of carbonyl (C=O) groups is 1. The van der Waals surface area contributed by atoms with Crippen molar-refractivity contribution in [2.75, 3.05) is 32.1 Å². The minimum atomic E-state index is 0.173. The molecule has 0 radical (unpaired) electrons. The Balaban J connectivity index is 2.18. The smallest absolute Gasteiger partial charge is 0.320 e. The predicted molar refractivity (Wildman–Crippen MR) is 63.4 cm³/mol. The summed E-state index contributed by atoms with van der Waals surface area (Å²) in [5.41, 5.74) is 0. The highest BCUT2D eigenvalue weighted by Gasteiger charge is 2.26. The molecule has 3 nitrogen and oxygen atoms in total. The molecule has 1 fully saturated rings. The maximum atomic E-state index is 11.8. The lowest BCUT2D eigenvalue weighted by Crippen LogP contribution is -2.33. The summed E-state index contributed by atoms with van der Waals surface area (Å²) in [5.74, 6) is 0.537. The number of unbranched alkanes of at least 4 members (excludes halogenated alkanes) is 3. The number of rotatable bonds is 7. The maximum absolute atomic E-state index is 11.8. The zero-order valence-corrected chi connectivity index (χ0v) is 10.3. The molecule has 15 heavy (non-hydrogen) atoms. The standard InChI is InChI=1S/C11H21ClN2O/c1-2-3-4-5-7-13-9-10-14(8-6-12)11(13)15/h2-10H2,1H3. The van der Waals surface area contributed by atoms with Crippen molar-refractivity contribution in [3.05, 3.63) is 0 Å². The van der Waals surface area contributed by atoms with E-state index in [0.29, 0.717) is 12.4 Å². The first kappa shape index (κ1) is 12.6. The van der Waals surface area contributed by atoms with Gasteiger partial charge in [0.15, 0.2) is 0 Å². The predicted octanol–water partition coefficient (Wildman–Crippen LogP) is 2.54. The van der Waals surface area contributed by atoms with E-state index in [-0.39, 0.29) is 6.03 Å². The van der Waals surface area contributed by atoms with Gasteiger partial charge in [-0.3, -0.25) is 0 Å². The van der Waals surface area contributed by atoms with Gasteiger partial charge in [0, 0.05) is 32.1 Å². The summed E-state index contributed by atoms with van der Waals surface area (Å²) in [6, 6.07) is 0.173. The first-order valence-electron chi connectivity index (χ1n) is 5.89. The van der Waals surface area contributed by atoms with E-state index in [2.05, 4.69) is 6.92 Å². The fraction of sp³-hybridized carbons (Fsp3) is 0.909. The molecule has 1 heterocycles. The number of nitrogens with zero attached hydrogens (tertiary/aromatic N) is 2. The molecule has 0 aliphatic carbocycles. The molecule has 0 atom stereocenters. The van der Waals surface area contributed by atoms with Crippen LogP contribution in [0.4, 0.5) is 4.79 Å². The Labute approximate surface area is 97.4 Å². The third kappa shape index (κ3) is 3.90. The molecule has 0 aromatic rings. The van der Waals surface area contributed by atoms with Crippen LogP contribution < -0.4 is 0 Å². The lowest BCUT2D eigenvalue weighted by atomic mass is 10.2. The summed E-state index contributed by atoms with van der Waals surface area (Å²) >= 11 is 5.63. The van der Waals surface area contributed by atoms with Crippen LogP contribution >= 0.6 is 11.6 Å². The van der Waals surface area contributed by atoms with Crippen LogP contribution in [0.15, 0.2) is 0 Å². The zero-order chi connectivity index (χ0) is 11.1. The molecule has 0 aromatic heterocycles. The molecule has 4 heteroatoms. The second-order valence-corrected chi connectivity index (χ2v) is 4.38. The SMILES string of the molecule is CCCCCCN1CCN(CCCl)C1=O. The Morgan fingerprint density at radius 2 is 1.80 bits per heavy atom. The fourth-order valence-electron chi connectivity index (χ4n) is 1.88. The largest absolute Gasteiger partial charge is 0.323 e. The van der Waals surface area contributed by atoms with Gasteiger partial charge in [-0.05, 0) is 6.42 Å². The van der Waals surface area contributed by atoms with Gasteiger partial charge in [0.25, 0.3) is 0 Å². The van der Waals surface area contributed by atoms with Gasteiger partial charge >= 0.3 is 6.03 Å². The molecule has 1 aliphatic heterocycles. The average Bonchev–Trinajstić information content (AvgIpc) is 2.57. The molecule has 0 spiro atoms. The molecule has 1 aliphatic rings. The summed E-state index contributed by atoms with van der Waals surface area (Å²) in [6.45, 7) is 5.52. The van der Waals surface area contributed by atoms with Gasteiger partial charge in [0.2, 0.25) is 0 Å². The molecule has 88 valence electrons. The van der Waals surface area contributed by atoms with Gasteiger partial charge in [0.05, 0.1) is 0 Å². The molecule has 0 bridgehead atoms. The van der Waals surface area contributed by atoms with Gasteiger partial charge in [0.1, 0.15) is 0 Å². The van der Waals surface area contributed by atoms with E-state index in [0.717, 1.165) is 26.1 Å². The van der Waals surface area contributed by atoms with Gasteiger partial charge in [-0.15, -0.1) is 11.6 Å². The van der Waals surface area contributed by atoms with Crippen molar-refractivity contribution in [3.8, 4) is 0 Å². The molecule has 2 amide bonds. The van der Waals surface area contributed by atoms with Crippen molar-refractivity contribution in [1.82, 2.24) is 9.80 Å². The number of halogens is 1. The molecule has 0 N–H and O–H groups in total. The van der Waals surface area contributed by atoms with Crippen LogP contribution in [0, 0.1) is 0 Å². The second-order valence-electron chi connectivity index (χ2n) is 4.01. The normalized spacial score (nSPS) is 16.5. The highest BCUT2D eigenvalue weighted by Crippen LogP contribution is 2.10. The van der Waals surface area contributed by atoms with Crippen molar-refractivity contribution in [1.29, 1.82) is 0 Å². The van der Waals surface area contributed by atoms with E-state index >= 15 is 0 Å². The molecule has 0 unspecified atom stereocenters. The van der Waals surface area contributed by atoms with Gasteiger partial charge in [-0.2, -0.15) is 0 Å². The molecular weight excluding hydrogens is 212 g/mol. The molecule has 0 saturated carbocycles. The van der Waals surface area contributed by atoms with Crippen LogP contribution in [-0.4, -0.2) is 47.9 Å². The highest BCUT2D eigenvalue weighted by atomic mass is 35.5. The van der Waals surface area contributed by atoms with Crippen LogP contribution in [0.1, 0.15) is 32.6 Å².